The summed E-state index contributed by atoms with van der Waals surface area (Å²) < 4.78 is 0. The van der Waals surface area contributed by atoms with Crippen molar-refractivity contribution in [3.63, 3.8) is 0 Å². The molecule has 1 aliphatic rings. The first kappa shape index (κ1) is 23.1. The minimum atomic E-state index is -0.262. The van der Waals surface area contributed by atoms with E-state index in [0.29, 0.717) is 52.7 Å². The van der Waals surface area contributed by atoms with Crippen LogP contribution in [-0.2, 0) is 11.3 Å². The SMILES string of the molecule is C=C(N)/C=C\C(C#Cc1c(CC)ncnc1-c1ccc(C(=O)N2CCCO2)c(Cl)c1)=C/N. The fourth-order valence-corrected chi connectivity index (χ4v) is 3.35. The maximum absolute atomic E-state index is 12.6. The van der Waals surface area contributed by atoms with Gasteiger partial charge in [-0.25, -0.2) is 15.0 Å². The van der Waals surface area contributed by atoms with Crippen molar-refractivity contribution < 1.29 is 9.63 Å². The lowest BCUT2D eigenvalue weighted by Gasteiger charge is -2.15. The summed E-state index contributed by atoms with van der Waals surface area (Å²) in [5, 5.41) is 1.65. The molecule has 164 valence electrons. The molecule has 1 aromatic carbocycles. The van der Waals surface area contributed by atoms with Crippen molar-refractivity contribution in [1.82, 2.24) is 15.0 Å². The second-order valence-electron chi connectivity index (χ2n) is 6.97. The summed E-state index contributed by atoms with van der Waals surface area (Å²) in [4.78, 5) is 26.8. The van der Waals surface area contributed by atoms with Crippen LogP contribution in [0.1, 0.15) is 35.0 Å². The van der Waals surface area contributed by atoms with Crippen LogP contribution in [0.5, 0.6) is 0 Å². The van der Waals surface area contributed by atoms with Crippen molar-refractivity contribution in [2.45, 2.75) is 19.8 Å². The van der Waals surface area contributed by atoms with E-state index in [-0.39, 0.29) is 5.91 Å². The first-order chi connectivity index (χ1) is 15.4. The van der Waals surface area contributed by atoms with Gasteiger partial charge >= 0.3 is 0 Å². The normalized spacial score (nSPS) is 13.8. The fourth-order valence-electron chi connectivity index (χ4n) is 3.09. The monoisotopic (exact) mass is 449 g/mol. The van der Waals surface area contributed by atoms with Crippen LogP contribution >= 0.6 is 11.6 Å². The Morgan fingerprint density at radius 2 is 2.19 bits per heavy atom. The molecule has 1 fully saturated rings. The van der Waals surface area contributed by atoms with E-state index in [0.717, 1.165) is 17.7 Å². The molecule has 0 radical (unpaired) electrons. The molecule has 0 unspecified atom stereocenters. The Hall–Kier alpha value is -3.60. The number of aryl methyl sites for hydroxylation is 1. The van der Waals surface area contributed by atoms with Gasteiger partial charge in [0.05, 0.1) is 40.7 Å². The Morgan fingerprint density at radius 1 is 1.38 bits per heavy atom. The predicted molar refractivity (Wildman–Crippen MR) is 125 cm³/mol. The maximum Gasteiger partial charge on any atom is 0.278 e. The first-order valence-corrected chi connectivity index (χ1v) is 10.5. The quantitative estimate of drug-likeness (QED) is 0.535. The summed E-state index contributed by atoms with van der Waals surface area (Å²) in [5.41, 5.74) is 15.4. The van der Waals surface area contributed by atoms with Gasteiger partial charge in [0, 0.05) is 23.0 Å². The molecule has 3 rings (SSSR count). The number of amides is 1. The maximum atomic E-state index is 12.6. The van der Waals surface area contributed by atoms with Gasteiger partial charge in [-0.15, -0.1) is 0 Å². The molecule has 1 amide bonds. The summed E-state index contributed by atoms with van der Waals surface area (Å²) in [6.45, 7) is 6.68. The Kier molecular flexibility index (Phi) is 7.66. The van der Waals surface area contributed by atoms with Gasteiger partial charge in [0.2, 0.25) is 0 Å². The van der Waals surface area contributed by atoms with Crippen molar-refractivity contribution in [2.75, 3.05) is 13.2 Å². The minimum absolute atomic E-state index is 0.262. The number of benzene rings is 1. The van der Waals surface area contributed by atoms with Gasteiger partial charge < -0.3 is 11.5 Å². The number of halogens is 1. The van der Waals surface area contributed by atoms with Crippen molar-refractivity contribution >= 4 is 17.5 Å². The molecule has 1 aliphatic heterocycles. The molecule has 2 heterocycles. The van der Waals surface area contributed by atoms with Gasteiger partial charge in [-0.3, -0.25) is 9.63 Å². The summed E-state index contributed by atoms with van der Waals surface area (Å²) in [6, 6.07) is 5.17. The van der Waals surface area contributed by atoms with Gasteiger partial charge in [0.25, 0.3) is 5.91 Å². The lowest BCUT2D eigenvalue weighted by Crippen LogP contribution is -2.26. The number of hydrogen-bond donors (Lipinski definition) is 2. The predicted octanol–water partition coefficient (Wildman–Crippen LogP) is 3.36. The van der Waals surface area contributed by atoms with E-state index in [9.17, 15) is 4.79 Å². The molecular weight excluding hydrogens is 426 g/mol. The van der Waals surface area contributed by atoms with E-state index in [1.807, 2.05) is 6.92 Å². The number of allylic oxidation sites excluding steroid dienone is 3. The molecule has 0 aliphatic carbocycles. The van der Waals surface area contributed by atoms with Crippen LogP contribution in [0.4, 0.5) is 0 Å². The fraction of sp³-hybridized carbons (Fsp3) is 0.208. The summed E-state index contributed by atoms with van der Waals surface area (Å²) in [6.07, 6.45) is 7.64. The molecule has 8 heteroatoms. The largest absolute Gasteiger partial charge is 0.404 e. The number of hydrogen-bond acceptors (Lipinski definition) is 6. The number of carbonyl (C=O) groups is 1. The first-order valence-electron chi connectivity index (χ1n) is 10.1. The number of carbonyl (C=O) groups excluding carboxylic acids is 1. The molecular formula is C24H24ClN5O2. The molecule has 32 heavy (non-hydrogen) atoms. The van der Waals surface area contributed by atoms with E-state index in [2.05, 4.69) is 28.4 Å². The van der Waals surface area contributed by atoms with E-state index < -0.39 is 0 Å². The topological polar surface area (TPSA) is 107 Å². The summed E-state index contributed by atoms with van der Waals surface area (Å²) >= 11 is 6.46. The van der Waals surface area contributed by atoms with Crippen LogP contribution in [0.15, 0.2) is 60.7 Å². The van der Waals surface area contributed by atoms with Gasteiger partial charge in [-0.2, -0.15) is 0 Å². The third-order valence-electron chi connectivity index (χ3n) is 4.70. The average Bonchev–Trinajstić information content (AvgIpc) is 3.33. The Balaban J connectivity index is 2.00. The van der Waals surface area contributed by atoms with Crippen molar-refractivity contribution in [1.29, 1.82) is 0 Å². The lowest BCUT2D eigenvalue weighted by molar-refractivity contribution is -0.0768. The number of nitrogens with two attached hydrogens (primary N) is 2. The van der Waals surface area contributed by atoms with Crippen LogP contribution in [0.3, 0.4) is 0 Å². The van der Waals surface area contributed by atoms with Crippen molar-refractivity contribution in [3.8, 4) is 23.1 Å². The van der Waals surface area contributed by atoms with E-state index in [1.54, 1.807) is 30.4 Å². The smallest absolute Gasteiger partial charge is 0.278 e. The zero-order valence-corrected chi connectivity index (χ0v) is 18.5. The van der Waals surface area contributed by atoms with Gasteiger partial charge in [0.1, 0.15) is 6.33 Å². The second-order valence-corrected chi connectivity index (χ2v) is 7.37. The molecule has 7 nitrogen and oxygen atoms in total. The average molecular weight is 450 g/mol. The molecule has 4 N–H and O–H groups in total. The van der Waals surface area contributed by atoms with Gasteiger partial charge in [-0.1, -0.05) is 43.0 Å². The van der Waals surface area contributed by atoms with Crippen LogP contribution in [0.25, 0.3) is 11.3 Å². The second kappa shape index (κ2) is 10.6. The summed E-state index contributed by atoms with van der Waals surface area (Å²) in [7, 11) is 0. The van der Waals surface area contributed by atoms with E-state index >= 15 is 0 Å². The third kappa shape index (κ3) is 5.35. The molecule has 2 aromatic rings. The molecule has 0 saturated carbocycles. The molecule has 0 spiro atoms. The highest BCUT2D eigenvalue weighted by Gasteiger charge is 2.23. The van der Waals surface area contributed by atoms with Gasteiger partial charge in [-0.05, 0) is 37.1 Å². The Bertz CT molecular complexity index is 1150. The minimum Gasteiger partial charge on any atom is -0.404 e. The number of nitrogens with zero attached hydrogens (tertiary/aromatic N) is 3. The number of hydroxylamine groups is 2. The highest BCUT2D eigenvalue weighted by atomic mass is 35.5. The van der Waals surface area contributed by atoms with Crippen LogP contribution in [-0.4, -0.2) is 34.1 Å². The highest BCUT2D eigenvalue weighted by Crippen LogP contribution is 2.29. The number of aromatic nitrogens is 2. The third-order valence-corrected chi connectivity index (χ3v) is 5.01. The lowest BCUT2D eigenvalue weighted by atomic mass is 10.0. The van der Waals surface area contributed by atoms with Crippen LogP contribution in [0.2, 0.25) is 5.02 Å². The highest BCUT2D eigenvalue weighted by molar-refractivity contribution is 6.34. The molecule has 0 bridgehead atoms. The zero-order valence-electron chi connectivity index (χ0n) is 17.8. The summed E-state index contributed by atoms with van der Waals surface area (Å²) in [5.74, 6) is 5.88. The van der Waals surface area contributed by atoms with Crippen LogP contribution < -0.4 is 11.5 Å². The molecule has 1 saturated heterocycles. The van der Waals surface area contributed by atoms with Crippen molar-refractivity contribution in [2.24, 2.45) is 11.5 Å². The zero-order chi connectivity index (χ0) is 23.1. The Morgan fingerprint density at radius 3 is 2.81 bits per heavy atom. The standard InChI is InChI=1S/C24H24ClN5O2/c1-3-22-20(9-7-17(14-26)6-5-16(2)27)23(29-15-28-22)18-8-10-19(21(25)13-18)24(31)30-11-4-12-32-30/h5-6,8,10,13-15H,2-4,11-12,26-27H2,1H3/b6-5-,17-14+. The Labute approximate surface area is 192 Å². The van der Waals surface area contributed by atoms with E-state index in [1.165, 1.54) is 17.6 Å². The van der Waals surface area contributed by atoms with Crippen molar-refractivity contribution in [3.05, 3.63) is 82.6 Å². The molecule has 1 aromatic heterocycles. The van der Waals surface area contributed by atoms with Crippen LogP contribution in [0, 0.1) is 11.8 Å². The number of rotatable bonds is 5. The molecule has 0 atom stereocenters. The van der Waals surface area contributed by atoms with E-state index in [4.69, 9.17) is 27.9 Å². The van der Waals surface area contributed by atoms with Gasteiger partial charge in [0.15, 0.2) is 0 Å².